The van der Waals surface area contributed by atoms with Gasteiger partial charge in [-0.15, -0.1) is 0 Å². The van der Waals surface area contributed by atoms with Crippen LogP contribution in [0.5, 0.6) is 0 Å². The molecule has 1 nitrogen and oxygen atoms in total. The minimum atomic E-state index is -0.396. The zero-order valence-electron chi connectivity index (χ0n) is 4.76. The molecule has 47 valence electrons. The fourth-order valence-corrected chi connectivity index (χ4v) is 0.536. The molecule has 0 fully saturated rings. The van der Waals surface area contributed by atoms with Gasteiger partial charge in [0.15, 0.2) is 0 Å². The van der Waals surface area contributed by atoms with Gasteiger partial charge in [-0.3, -0.25) is 0 Å². The molecule has 9 heavy (non-hydrogen) atoms. The molecule has 0 atom stereocenters. The first-order valence-corrected chi connectivity index (χ1v) is 2.60. The van der Waals surface area contributed by atoms with Crippen LogP contribution < -0.4 is 0 Å². The minimum Gasteiger partial charge on any atom is -0.392 e. The Balaban J connectivity index is 2.88. The molecule has 0 aliphatic heterocycles. The average Bonchev–Trinajstić information content (AvgIpc) is 1.90. The van der Waals surface area contributed by atoms with E-state index in [1.54, 1.807) is 0 Å². The van der Waals surface area contributed by atoms with Crippen LogP contribution in [0.3, 0.4) is 0 Å². The zero-order chi connectivity index (χ0) is 6.69. The Morgan fingerprint density at radius 1 is 1.56 bits per heavy atom. The van der Waals surface area contributed by atoms with Crippen LogP contribution in [0.15, 0.2) is 18.2 Å². The molecule has 1 aromatic rings. The molecule has 1 N–H and O–H groups in total. The smallest absolute Gasteiger partial charge is 0.131 e. The summed E-state index contributed by atoms with van der Waals surface area (Å²) in [6, 6.07) is 6.54. The van der Waals surface area contributed by atoms with Crippen molar-refractivity contribution >= 4 is 0 Å². The summed E-state index contributed by atoms with van der Waals surface area (Å²) in [6.45, 7) is -0.0588. The predicted octanol–water partition coefficient (Wildman–Crippen LogP) is 1.12. The Morgan fingerprint density at radius 3 is 2.78 bits per heavy atom. The van der Waals surface area contributed by atoms with E-state index in [1.807, 2.05) is 0 Å². The molecule has 0 aromatic heterocycles. The standard InChI is InChI=1S/C7H6FO/c8-7-3-1-6(5-9)2-4-7/h1-3,9H,5H2. The van der Waals surface area contributed by atoms with E-state index >= 15 is 0 Å². The second kappa shape index (κ2) is 2.60. The van der Waals surface area contributed by atoms with Crippen LogP contribution in [0, 0.1) is 11.9 Å². The Hall–Kier alpha value is -0.890. The summed E-state index contributed by atoms with van der Waals surface area (Å²) in [7, 11) is 0. The summed E-state index contributed by atoms with van der Waals surface area (Å²) in [5, 5.41) is 8.49. The zero-order valence-corrected chi connectivity index (χ0v) is 4.76. The molecule has 0 aliphatic carbocycles. The summed E-state index contributed by atoms with van der Waals surface area (Å²) >= 11 is 0. The average molecular weight is 125 g/mol. The molecule has 1 rings (SSSR count). The number of hydrogen-bond acceptors (Lipinski definition) is 1. The van der Waals surface area contributed by atoms with Gasteiger partial charge in [0.2, 0.25) is 0 Å². The van der Waals surface area contributed by atoms with Crippen molar-refractivity contribution in [3.05, 3.63) is 35.6 Å². The fourth-order valence-electron chi connectivity index (χ4n) is 0.536. The van der Waals surface area contributed by atoms with Gasteiger partial charge < -0.3 is 5.11 Å². The van der Waals surface area contributed by atoms with Crippen LogP contribution in [0.25, 0.3) is 0 Å². The van der Waals surface area contributed by atoms with E-state index in [-0.39, 0.29) is 6.61 Å². The molecule has 0 saturated heterocycles. The number of halogens is 1. The highest BCUT2D eigenvalue weighted by Gasteiger charge is 1.89. The molecular weight excluding hydrogens is 119 g/mol. The SMILES string of the molecule is OCc1c[c]c(F)cc1. The molecule has 0 spiro atoms. The van der Waals surface area contributed by atoms with E-state index in [1.165, 1.54) is 18.2 Å². The summed E-state index contributed by atoms with van der Waals surface area (Å²) in [6.07, 6.45) is 0. The van der Waals surface area contributed by atoms with E-state index in [4.69, 9.17) is 5.11 Å². The van der Waals surface area contributed by atoms with E-state index in [0.29, 0.717) is 5.56 Å². The highest BCUT2D eigenvalue weighted by molar-refractivity contribution is 5.13. The van der Waals surface area contributed by atoms with Gasteiger partial charge in [-0.1, -0.05) is 6.07 Å². The van der Waals surface area contributed by atoms with Gasteiger partial charge in [-0.2, -0.15) is 0 Å². The third-order valence-corrected chi connectivity index (χ3v) is 1.02. The maximum Gasteiger partial charge on any atom is 0.131 e. The van der Waals surface area contributed by atoms with E-state index in [0.717, 1.165) is 0 Å². The van der Waals surface area contributed by atoms with Crippen LogP contribution in [0.2, 0.25) is 0 Å². The maximum absolute atomic E-state index is 12.1. The lowest BCUT2D eigenvalue weighted by Gasteiger charge is -1.91. The van der Waals surface area contributed by atoms with Crippen molar-refractivity contribution < 1.29 is 9.50 Å². The molecule has 0 amide bonds. The molecule has 2 heteroatoms. The van der Waals surface area contributed by atoms with Crippen LogP contribution in [0.4, 0.5) is 4.39 Å². The van der Waals surface area contributed by atoms with Crippen molar-refractivity contribution in [1.82, 2.24) is 0 Å². The Kier molecular flexibility index (Phi) is 1.80. The van der Waals surface area contributed by atoms with Gasteiger partial charge in [-0.25, -0.2) is 4.39 Å². The fraction of sp³-hybridized carbons (Fsp3) is 0.143. The van der Waals surface area contributed by atoms with Crippen LogP contribution in [-0.2, 0) is 6.61 Å². The van der Waals surface area contributed by atoms with Crippen LogP contribution >= 0.6 is 0 Å². The second-order valence-corrected chi connectivity index (χ2v) is 1.70. The minimum absolute atomic E-state index is 0.0588. The highest BCUT2D eigenvalue weighted by Crippen LogP contribution is 2.00. The number of hydrogen-bond donors (Lipinski definition) is 1. The van der Waals surface area contributed by atoms with Gasteiger partial charge in [0.25, 0.3) is 0 Å². The van der Waals surface area contributed by atoms with E-state index in [2.05, 4.69) is 6.07 Å². The topological polar surface area (TPSA) is 20.2 Å². The summed E-state index contributed by atoms with van der Waals surface area (Å²) < 4.78 is 12.1. The van der Waals surface area contributed by atoms with Gasteiger partial charge in [-0.05, 0) is 17.7 Å². The van der Waals surface area contributed by atoms with Crippen LogP contribution in [0.1, 0.15) is 5.56 Å². The maximum atomic E-state index is 12.1. The number of rotatable bonds is 1. The third kappa shape index (κ3) is 1.50. The summed E-state index contributed by atoms with van der Waals surface area (Å²) in [5.74, 6) is -0.396. The van der Waals surface area contributed by atoms with Gasteiger partial charge in [0.1, 0.15) is 5.82 Å². The number of benzene rings is 1. The Bertz CT molecular complexity index is 181. The first-order valence-electron chi connectivity index (χ1n) is 2.60. The molecule has 0 saturated carbocycles. The van der Waals surface area contributed by atoms with Crippen molar-refractivity contribution in [3.63, 3.8) is 0 Å². The number of aliphatic hydroxyl groups excluding tert-OH is 1. The van der Waals surface area contributed by atoms with E-state index < -0.39 is 5.82 Å². The quantitative estimate of drug-likeness (QED) is 0.596. The summed E-state index contributed by atoms with van der Waals surface area (Å²) in [4.78, 5) is 0. The molecule has 1 radical (unpaired) electrons. The molecule has 0 unspecified atom stereocenters. The van der Waals surface area contributed by atoms with Crippen molar-refractivity contribution in [2.45, 2.75) is 6.61 Å². The van der Waals surface area contributed by atoms with Crippen molar-refractivity contribution in [2.75, 3.05) is 0 Å². The van der Waals surface area contributed by atoms with Crippen molar-refractivity contribution in [3.8, 4) is 0 Å². The second-order valence-electron chi connectivity index (χ2n) is 1.70. The lowest BCUT2D eigenvalue weighted by atomic mass is 10.2. The Labute approximate surface area is 52.8 Å². The molecular formula is C7H6FO. The van der Waals surface area contributed by atoms with Crippen molar-refractivity contribution in [2.24, 2.45) is 0 Å². The highest BCUT2D eigenvalue weighted by atomic mass is 19.1. The summed E-state index contributed by atoms with van der Waals surface area (Å²) in [5.41, 5.74) is 0.677. The third-order valence-electron chi connectivity index (χ3n) is 1.02. The number of aliphatic hydroxyl groups is 1. The van der Waals surface area contributed by atoms with Gasteiger partial charge in [0.05, 0.1) is 6.61 Å². The van der Waals surface area contributed by atoms with Crippen LogP contribution in [-0.4, -0.2) is 5.11 Å². The molecule has 0 bridgehead atoms. The molecule has 1 aromatic carbocycles. The lowest BCUT2D eigenvalue weighted by molar-refractivity contribution is 0.281. The Morgan fingerprint density at radius 2 is 2.33 bits per heavy atom. The normalized spacial score (nSPS) is 9.56. The lowest BCUT2D eigenvalue weighted by Crippen LogP contribution is -1.81. The monoisotopic (exact) mass is 125 g/mol. The molecule has 0 heterocycles. The van der Waals surface area contributed by atoms with Crippen molar-refractivity contribution in [1.29, 1.82) is 0 Å². The van der Waals surface area contributed by atoms with E-state index in [9.17, 15) is 4.39 Å². The van der Waals surface area contributed by atoms with Gasteiger partial charge >= 0.3 is 0 Å². The first kappa shape index (κ1) is 6.23. The first-order chi connectivity index (χ1) is 4.33. The predicted molar refractivity (Wildman–Crippen MR) is 31.2 cm³/mol. The molecule has 0 aliphatic rings. The largest absolute Gasteiger partial charge is 0.392 e. The van der Waals surface area contributed by atoms with Gasteiger partial charge in [0, 0.05) is 6.07 Å².